The first-order valence-electron chi connectivity index (χ1n) is 12.3. The van der Waals surface area contributed by atoms with Crippen molar-refractivity contribution in [2.45, 2.75) is 94.9 Å². The van der Waals surface area contributed by atoms with Gasteiger partial charge in [-0.1, -0.05) is 51.1 Å². The van der Waals surface area contributed by atoms with Crippen molar-refractivity contribution >= 4 is 8.32 Å². The fourth-order valence-electron chi connectivity index (χ4n) is 5.48. The second-order valence-electron chi connectivity index (χ2n) is 11.9. The fraction of sp³-hybridized carbons (Fsp3) is 0.615. The number of aromatic amines is 1. The van der Waals surface area contributed by atoms with Gasteiger partial charge in [-0.3, -0.25) is 14.3 Å². The zero-order valence-corrected chi connectivity index (χ0v) is 22.6. The summed E-state index contributed by atoms with van der Waals surface area (Å²) < 4.78 is 27.9. The Bertz CT molecular complexity index is 1230. The van der Waals surface area contributed by atoms with Gasteiger partial charge in [0, 0.05) is 17.7 Å². The number of fused-ring (bicyclic) bond motifs is 4. The largest absolute Gasteiger partial charge is 0.414 e. The molecule has 1 aromatic carbocycles. The molecule has 0 unspecified atom stereocenters. The molecule has 8 nitrogen and oxygen atoms in total. The molecule has 5 rings (SSSR count). The van der Waals surface area contributed by atoms with E-state index in [2.05, 4.69) is 38.8 Å². The third kappa shape index (κ3) is 3.88. The molecule has 2 fully saturated rings. The van der Waals surface area contributed by atoms with Crippen molar-refractivity contribution < 1.29 is 18.6 Å². The minimum absolute atomic E-state index is 0.0396. The van der Waals surface area contributed by atoms with Gasteiger partial charge < -0.3 is 18.6 Å². The average Bonchev–Trinajstić information content (AvgIpc) is 3.34. The number of ether oxygens (including phenoxy) is 3. The van der Waals surface area contributed by atoms with E-state index in [9.17, 15) is 9.59 Å². The van der Waals surface area contributed by atoms with Crippen LogP contribution in [0.2, 0.25) is 18.1 Å². The van der Waals surface area contributed by atoms with Gasteiger partial charge in [0.1, 0.15) is 18.3 Å². The maximum atomic E-state index is 13.3. The molecule has 0 radical (unpaired) electrons. The SMILES string of the molecule is CC1(C)O[C@H]2[C@@H](O1)[C@]1(O[C@@H]2CO[Si](C)(C)C(C)(C)C)[C@@H](c2ccccc2)Cc2cc(=O)[nH]c(=O)n21. The molecule has 2 saturated heterocycles. The Labute approximate surface area is 206 Å². The lowest BCUT2D eigenvalue weighted by molar-refractivity contribution is -0.237. The minimum atomic E-state index is -2.07. The lowest BCUT2D eigenvalue weighted by Gasteiger charge is -2.39. The van der Waals surface area contributed by atoms with Gasteiger partial charge in [0.25, 0.3) is 5.56 Å². The van der Waals surface area contributed by atoms with Crippen LogP contribution in [0.25, 0.3) is 0 Å². The lowest BCUT2D eigenvalue weighted by Crippen LogP contribution is -2.52. The summed E-state index contributed by atoms with van der Waals surface area (Å²) in [6.07, 6.45) is -0.940. The summed E-state index contributed by atoms with van der Waals surface area (Å²) in [5.41, 5.74) is -0.435. The average molecular weight is 501 g/mol. The number of rotatable bonds is 4. The normalized spacial score (nSPS) is 31.6. The van der Waals surface area contributed by atoms with Crippen LogP contribution in [0.3, 0.4) is 0 Å². The molecule has 0 aliphatic carbocycles. The van der Waals surface area contributed by atoms with Crippen molar-refractivity contribution in [2.75, 3.05) is 6.61 Å². The van der Waals surface area contributed by atoms with Crippen LogP contribution in [0.5, 0.6) is 0 Å². The number of hydrogen-bond donors (Lipinski definition) is 1. The molecule has 5 atom stereocenters. The van der Waals surface area contributed by atoms with E-state index >= 15 is 0 Å². The highest BCUT2D eigenvalue weighted by molar-refractivity contribution is 6.74. The van der Waals surface area contributed by atoms with Crippen molar-refractivity contribution in [3.8, 4) is 0 Å². The molecule has 3 aliphatic heterocycles. The topological polar surface area (TPSA) is 91.8 Å². The second kappa shape index (κ2) is 7.98. The highest BCUT2D eigenvalue weighted by Crippen LogP contribution is 2.56. The van der Waals surface area contributed by atoms with Crippen LogP contribution >= 0.6 is 0 Å². The van der Waals surface area contributed by atoms with Crippen LogP contribution < -0.4 is 11.2 Å². The van der Waals surface area contributed by atoms with Crippen LogP contribution in [-0.4, -0.2) is 48.6 Å². The molecule has 0 saturated carbocycles. The Kier molecular flexibility index (Phi) is 5.62. The van der Waals surface area contributed by atoms with E-state index in [1.807, 2.05) is 44.2 Å². The first-order chi connectivity index (χ1) is 16.3. The third-order valence-corrected chi connectivity index (χ3v) is 12.6. The first kappa shape index (κ1) is 24.6. The molecule has 9 heteroatoms. The first-order valence-corrected chi connectivity index (χ1v) is 15.2. The molecule has 2 aromatic rings. The quantitative estimate of drug-likeness (QED) is 0.647. The molecule has 0 amide bonds. The van der Waals surface area contributed by atoms with E-state index in [1.54, 1.807) is 4.57 Å². The molecule has 35 heavy (non-hydrogen) atoms. The minimum Gasteiger partial charge on any atom is -0.414 e. The monoisotopic (exact) mass is 500 g/mol. The summed E-state index contributed by atoms with van der Waals surface area (Å²) in [5, 5.41) is 0.0396. The van der Waals surface area contributed by atoms with Gasteiger partial charge in [0.05, 0.1) is 6.61 Å². The van der Waals surface area contributed by atoms with Crippen molar-refractivity contribution in [3.05, 3.63) is 68.5 Å². The maximum absolute atomic E-state index is 13.3. The van der Waals surface area contributed by atoms with Crippen LogP contribution in [0.1, 0.15) is 51.8 Å². The predicted molar refractivity (Wildman–Crippen MR) is 134 cm³/mol. The summed E-state index contributed by atoms with van der Waals surface area (Å²) in [7, 11) is -2.07. The van der Waals surface area contributed by atoms with Crippen LogP contribution in [0.15, 0.2) is 46.0 Å². The number of nitrogens with zero attached hydrogens (tertiary/aromatic N) is 1. The maximum Gasteiger partial charge on any atom is 0.330 e. The molecule has 0 bridgehead atoms. The van der Waals surface area contributed by atoms with Crippen molar-refractivity contribution in [1.82, 2.24) is 9.55 Å². The Morgan fingerprint density at radius 2 is 1.80 bits per heavy atom. The van der Waals surface area contributed by atoms with Gasteiger partial charge in [0.15, 0.2) is 19.8 Å². The van der Waals surface area contributed by atoms with Crippen molar-refractivity contribution in [2.24, 2.45) is 0 Å². The Hall–Kier alpha value is -2.04. The Morgan fingerprint density at radius 1 is 1.11 bits per heavy atom. The van der Waals surface area contributed by atoms with Gasteiger partial charge in [-0.15, -0.1) is 0 Å². The fourth-order valence-corrected chi connectivity index (χ4v) is 6.50. The Balaban J connectivity index is 1.63. The number of benzene rings is 1. The zero-order valence-electron chi connectivity index (χ0n) is 21.6. The summed E-state index contributed by atoms with van der Waals surface area (Å²) in [4.78, 5) is 27.9. The number of H-pyrrole nitrogens is 1. The van der Waals surface area contributed by atoms with Gasteiger partial charge in [-0.05, 0) is 44.0 Å². The van der Waals surface area contributed by atoms with E-state index in [1.165, 1.54) is 6.07 Å². The standard InChI is InChI=1S/C26H36N2O6Si/c1-24(2,3)35(6,7)31-15-19-21-22(34-25(4,5)33-21)26(32-19)18(16-11-9-8-10-12-16)13-17-14-20(29)27-23(30)28(17)26/h8-12,14,18-19,21-22H,13,15H2,1-7H3,(H,27,29,30)/t18-,19-,21-,22-,26-/m1/s1. The highest BCUT2D eigenvalue weighted by atomic mass is 28.4. The predicted octanol–water partition coefficient (Wildman–Crippen LogP) is 3.47. The van der Waals surface area contributed by atoms with Gasteiger partial charge in [-0.25, -0.2) is 4.79 Å². The molecule has 1 aromatic heterocycles. The highest BCUT2D eigenvalue weighted by Gasteiger charge is 2.69. The van der Waals surface area contributed by atoms with E-state index in [0.717, 1.165) is 5.56 Å². The van der Waals surface area contributed by atoms with E-state index in [-0.39, 0.29) is 11.0 Å². The van der Waals surface area contributed by atoms with E-state index < -0.39 is 49.4 Å². The van der Waals surface area contributed by atoms with Gasteiger partial charge >= 0.3 is 5.69 Å². The summed E-state index contributed by atoms with van der Waals surface area (Å²) in [6.45, 7) is 15.1. The molecular weight excluding hydrogens is 464 g/mol. The second-order valence-corrected chi connectivity index (χ2v) is 16.7. The third-order valence-electron chi connectivity index (χ3n) is 8.14. The van der Waals surface area contributed by atoms with Gasteiger partial charge in [-0.2, -0.15) is 0 Å². The van der Waals surface area contributed by atoms with E-state index in [4.69, 9.17) is 18.6 Å². The molecule has 4 heterocycles. The smallest absolute Gasteiger partial charge is 0.330 e. The molecule has 1 N–H and O–H groups in total. The summed E-state index contributed by atoms with van der Waals surface area (Å²) in [6, 6.07) is 11.5. The van der Waals surface area contributed by atoms with Crippen molar-refractivity contribution in [3.63, 3.8) is 0 Å². The van der Waals surface area contributed by atoms with Crippen molar-refractivity contribution in [1.29, 1.82) is 0 Å². The summed E-state index contributed by atoms with van der Waals surface area (Å²) >= 11 is 0. The Morgan fingerprint density at radius 3 is 2.46 bits per heavy atom. The van der Waals surface area contributed by atoms with Crippen LogP contribution in [0, 0.1) is 0 Å². The molecule has 3 aliphatic rings. The lowest BCUT2D eigenvalue weighted by atomic mass is 9.84. The van der Waals surface area contributed by atoms with Crippen LogP contribution in [0.4, 0.5) is 0 Å². The van der Waals surface area contributed by atoms with Crippen LogP contribution in [-0.2, 0) is 30.8 Å². The molecule has 190 valence electrons. The number of hydrogen-bond acceptors (Lipinski definition) is 6. The van der Waals surface area contributed by atoms with E-state index in [0.29, 0.717) is 18.7 Å². The number of nitrogens with one attached hydrogen (secondary N) is 1. The number of aromatic nitrogens is 2. The zero-order chi connectivity index (χ0) is 25.4. The molecule has 1 spiro atoms. The van der Waals surface area contributed by atoms with Gasteiger partial charge in [0.2, 0.25) is 0 Å². The summed E-state index contributed by atoms with van der Waals surface area (Å²) in [5.74, 6) is -1.09. The molecular formula is C26H36N2O6Si.